The standard InChI is InChI=1S/C12H12N2O2/c1-13-12(15)10-7-9(16-2)6-8-4-3-5-14-11(8)10/h3-7H,1-2H3,(H,13,15). The van der Waals surface area contributed by atoms with Crippen LogP contribution in [0.15, 0.2) is 30.5 Å². The lowest BCUT2D eigenvalue weighted by molar-refractivity contribution is 0.0964. The van der Waals surface area contributed by atoms with Crippen LogP contribution in [0.4, 0.5) is 0 Å². The third-order valence-corrected chi connectivity index (χ3v) is 2.39. The molecule has 1 N–H and O–H groups in total. The number of aromatic nitrogens is 1. The summed E-state index contributed by atoms with van der Waals surface area (Å²) in [7, 11) is 3.17. The number of carbonyl (C=O) groups excluding carboxylic acids is 1. The zero-order valence-electron chi connectivity index (χ0n) is 9.15. The second-order valence-corrected chi connectivity index (χ2v) is 3.33. The van der Waals surface area contributed by atoms with E-state index in [2.05, 4.69) is 10.3 Å². The zero-order valence-corrected chi connectivity index (χ0v) is 9.15. The Morgan fingerprint density at radius 2 is 2.25 bits per heavy atom. The van der Waals surface area contributed by atoms with Gasteiger partial charge in [-0.15, -0.1) is 0 Å². The average Bonchev–Trinajstić information content (AvgIpc) is 2.36. The summed E-state index contributed by atoms with van der Waals surface area (Å²) in [5.74, 6) is 0.488. The van der Waals surface area contributed by atoms with Gasteiger partial charge in [-0.1, -0.05) is 6.07 Å². The number of ether oxygens (including phenoxy) is 1. The van der Waals surface area contributed by atoms with E-state index in [0.29, 0.717) is 16.8 Å². The Balaban J connectivity index is 2.73. The summed E-state index contributed by atoms with van der Waals surface area (Å²) in [5.41, 5.74) is 1.21. The van der Waals surface area contributed by atoms with Crippen LogP contribution in [-0.4, -0.2) is 25.0 Å². The van der Waals surface area contributed by atoms with Crippen molar-refractivity contribution in [1.29, 1.82) is 0 Å². The SMILES string of the molecule is CNC(=O)c1cc(OC)cc2cccnc12. The minimum absolute atomic E-state index is 0.164. The van der Waals surface area contributed by atoms with Crippen LogP contribution in [-0.2, 0) is 0 Å². The number of amides is 1. The molecule has 0 atom stereocenters. The molecule has 16 heavy (non-hydrogen) atoms. The molecule has 0 bridgehead atoms. The number of benzene rings is 1. The summed E-state index contributed by atoms with van der Waals surface area (Å²) in [6.07, 6.45) is 1.67. The van der Waals surface area contributed by atoms with E-state index in [1.165, 1.54) is 0 Å². The number of carbonyl (C=O) groups is 1. The Morgan fingerprint density at radius 1 is 1.44 bits per heavy atom. The van der Waals surface area contributed by atoms with Crippen LogP contribution in [0.25, 0.3) is 10.9 Å². The first-order chi connectivity index (χ1) is 7.76. The van der Waals surface area contributed by atoms with E-state index < -0.39 is 0 Å². The monoisotopic (exact) mass is 216 g/mol. The fraction of sp³-hybridized carbons (Fsp3) is 0.167. The number of hydrogen-bond donors (Lipinski definition) is 1. The van der Waals surface area contributed by atoms with Crippen molar-refractivity contribution < 1.29 is 9.53 Å². The normalized spacial score (nSPS) is 10.1. The Labute approximate surface area is 93.3 Å². The molecule has 0 unspecified atom stereocenters. The Hall–Kier alpha value is -2.10. The van der Waals surface area contributed by atoms with Crippen molar-refractivity contribution in [2.24, 2.45) is 0 Å². The van der Waals surface area contributed by atoms with Gasteiger partial charge in [-0.3, -0.25) is 9.78 Å². The molecule has 2 rings (SSSR count). The lowest BCUT2D eigenvalue weighted by Crippen LogP contribution is -2.18. The smallest absolute Gasteiger partial charge is 0.253 e. The topological polar surface area (TPSA) is 51.2 Å². The van der Waals surface area contributed by atoms with Crippen LogP contribution >= 0.6 is 0 Å². The molecule has 0 spiro atoms. The van der Waals surface area contributed by atoms with Gasteiger partial charge in [0.2, 0.25) is 0 Å². The number of nitrogens with zero attached hydrogens (tertiary/aromatic N) is 1. The molecule has 0 saturated heterocycles. The zero-order chi connectivity index (χ0) is 11.5. The van der Waals surface area contributed by atoms with Crippen LogP contribution in [0.2, 0.25) is 0 Å². The predicted molar refractivity (Wildman–Crippen MR) is 61.7 cm³/mol. The fourth-order valence-corrected chi connectivity index (χ4v) is 1.59. The number of methoxy groups -OCH3 is 1. The van der Waals surface area contributed by atoms with Gasteiger partial charge in [-0.25, -0.2) is 0 Å². The van der Waals surface area contributed by atoms with Crippen LogP contribution in [0, 0.1) is 0 Å². The summed E-state index contributed by atoms with van der Waals surface area (Å²) < 4.78 is 5.15. The quantitative estimate of drug-likeness (QED) is 0.829. The molecule has 1 aromatic heterocycles. The maximum absolute atomic E-state index is 11.7. The molecular formula is C12H12N2O2. The van der Waals surface area contributed by atoms with Gasteiger partial charge < -0.3 is 10.1 Å². The first-order valence-electron chi connectivity index (χ1n) is 4.91. The van der Waals surface area contributed by atoms with Crippen molar-refractivity contribution in [3.63, 3.8) is 0 Å². The van der Waals surface area contributed by atoms with Gasteiger partial charge >= 0.3 is 0 Å². The highest BCUT2D eigenvalue weighted by atomic mass is 16.5. The van der Waals surface area contributed by atoms with E-state index in [1.54, 1.807) is 26.4 Å². The van der Waals surface area contributed by atoms with Gasteiger partial charge in [0.1, 0.15) is 5.75 Å². The van der Waals surface area contributed by atoms with Crippen LogP contribution in [0.1, 0.15) is 10.4 Å². The van der Waals surface area contributed by atoms with Crippen LogP contribution in [0.5, 0.6) is 5.75 Å². The van der Waals surface area contributed by atoms with E-state index >= 15 is 0 Å². The summed E-state index contributed by atoms with van der Waals surface area (Å²) >= 11 is 0. The van der Waals surface area contributed by atoms with Crippen molar-refractivity contribution in [3.05, 3.63) is 36.0 Å². The van der Waals surface area contributed by atoms with E-state index in [1.807, 2.05) is 18.2 Å². The van der Waals surface area contributed by atoms with Crippen LogP contribution in [0.3, 0.4) is 0 Å². The largest absolute Gasteiger partial charge is 0.497 e. The maximum atomic E-state index is 11.7. The highest BCUT2D eigenvalue weighted by molar-refractivity contribution is 6.06. The molecule has 82 valence electrons. The second kappa shape index (κ2) is 4.18. The number of fused-ring (bicyclic) bond motifs is 1. The number of nitrogens with one attached hydrogen (secondary N) is 1. The van der Waals surface area contributed by atoms with E-state index in [4.69, 9.17) is 4.74 Å². The molecule has 2 aromatic rings. The average molecular weight is 216 g/mol. The lowest BCUT2D eigenvalue weighted by atomic mass is 10.1. The van der Waals surface area contributed by atoms with Crippen molar-refractivity contribution in [2.75, 3.05) is 14.2 Å². The third kappa shape index (κ3) is 1.69. The van der Waals surface area contributed by atoms with Crippen LogP contribution < -0.4 is 10.1 Å². The third-order valence-electron chi connectivity index (χ3n) is 2.39. The molecule has 1 heterocycles. The van der Waals surface area contributed by atoms with Gasteiger partial charge in [0.05, 0.1) is 18.2 Å². The van der Waals surface area contributed by atoms with Gasteiger partial charge in [0.25, 0.3) is 5.91 Å². The van der Waals surface area contributed by atoms with Gasteiger partial charge in [-0.05, 0) is 18.2 Å². The number of hydrogen-bond acceptors (Lipinski definition) is 3. The van der Waals surface area contributed by atoms with E-state index in [0.717, 1.165) is 5.39 Å². The molecule has 0 aliphatic carbocycles. The summed E-state index contributed by atoms with van der Waals surface area (Å²) in [5, 5.41) is 3.48. The first-order valence-corrected chi connectivity index (χ1v) is 4.91. The molecule has 1 amide bonds. The molecule has 4 heteroatoms. The summed E-state index contributed by atoms with van der Waals surface area (Å²) in [6, 6.07) is 7.27. The van der Waals surface area contributed by atoms with E-state index in [-0.39, 0.29) is 5.91 Å². The summed E-state index contributed by atoms with van der Waals surface area (Å²) in [6.45, 7) is 0. The van der Waals surface area contributed by atoms with Crippen molar-refractivity contribution >= 4 is 16.8 Å². The molecule has 4 nitrogen and oxygen atoms in total. The molecular weight excluding hydrogens is 204 g/mol. The molecule has 0 fully saturated rings. The van der Waals surface area contributed by atoms with Gasteiger partial charge in [0, 0.05) is 18.6 Å². The number of pyridine rings is 1. The molecule has 0 saturated carbocycles. The Morgan fingerprint density at radius 3 is 2.94 bits per heavy atom. The van der Waals surface area contributed by atoms with Gasteiger partial charge in [-0.2, -0.15) is 0 Å². The highest BCUT2D eigenvalue weighted by Gasteiger charge is 2.11. The first kappa shape index (κ1) is 10.4. The molecule has 0 radical (unpaired) electrons. The van der Waals surface area contributed by atoms with Crippen molar-refractivity contribution in [2.45, 2.75) is 0 Å². The Kier molecular flexibility index (Phi) is 2.72. The predicted octanol–water partition coefficient (Wildman–Crippen LogP) is 1.60. The van der Waals surface area contributed by atoms with E-state index in [9.17, 15) is 4.79 Å². The highest BCUT2D eigenvalue weighted by Crippen LogP contribution is 2.23. The maximum Gasteiger partial charge on any atom is 0.253 e. The number of rotatable bonds is 2. The molecule has 0 aliphatic heterocycles. The fourth-order valence-electron chi connectivity index (χ4n) is 1.59. The Bertz CT molecular complexity index is 538. The summed E-state index contributed by atoms with van der Waals surface area (Å²) in [4.78, 5) is 15.9. The second-order valence-electron chi connectivity index (χ2n) is 3.33. The van der Waals surface area contributed by atoms with Crippen molar-refractivity contribution in [1.82, 2.24) is 10.3 Å². The van der Waals surface area contributed by atoms with Crippen molar-refractivity contribution in [3.8, 4) is 5.75 Å². The minimum atomic E-state index is -0.164. The minimum Gasteiger partial charge on any atom is -0.497 e. The van der Waals surface area contributed by atoms with Gasteiger partial charge in [0.15, 0.2) is 0 Å². The molecule has 0 aliphatic rings. The lowest BCUT2D eigenvalue weighted by Gasteiger charge is -2.07. The molecule has 1 aromatic carbocycles.